The minimum atomic E-state index is -3.44. The lowest BCUT2D eigenvalue weighted by Gasteiger charge is -2.27. The molecular weight excluding hydrogens is 264 g/mol. The molecule has 1 saturated heterocycles. The van der Waals surface area contributed by atoms with Crippen LogP contribution in [0.3, 0.4) is 0 Å². The van der Waals surface area contributed by atoms with Gasteiger partial charge in [-0.2, -0.15) is 12.7 Å². The van der Waals surface area contributed by atoms with Crippen molar-refractivity contribution in [3.05, 3.63) is 24.3 Å². The van der Waals surface area contributed by atoms with Gasteiger partial charge in [-0.25, -0.2) is 0 Å². The van der Waals surface area contributed by atoms with Gasteiger partial charge in [-0.05, 0) is 24.3 Å². The summed E-state index contributed by atoms with van der Waals surface area (Å²) >= 11 is 0. The molecule has 1 aromatic rings. The fourth-order valence-corrected chi connectivity index (χ4v) is 3.15. The maximum absolute atomic E-state index is 12.2. The smallest absolute Gasteiger partial charge is 0.301 e. The van der Waals surface area contributed by atoms with E-state index >= 15 is 0 Å². The Bertz CT molecular complexity index is 507. The third-order valence-electron chi connectivity index (χ3n) is 3.05. The monoisotopic (exact) mass is 284 g/mol. The lowest BCUT2D eigenvalue weighted by Crippen LogP contribution is -2.48. The highest BCUT2D eigenvalue weighted by Crippen LogP contribution is 2.17. The van der Waals surface area contributed by atoms with E-state index in [9.17, 15) is 8.42 Å². The van der Waals surface area contributed by atoms with Crippen molar-refractivity contribution in [1.29, 1.82) is 0 Å². The summed E-state index contributed by atoms with van der Waals surface area (Å²) < 4.78 is 28.4. The summed E-state index contributed by atoms with van der Waals surface area (Å²) in [4.78, 5) is 1.97. The Morgan fingerprint density at radius 1 is 1.16 bits per heavy atom. The summed E-state index contributed by atoms with van der Waals surface area (Å²) in [5.74, 6) is 0. The van der Waals surface area contributed by atoms with Crippen LogP contribution in [0, 0.1) is 0 Å². The maximum Gasteiger partial charge on any atom is 0.301 e. The van der Waals surface area contributed by atoms with Gasteiger partial charge in [0.15, 0.2) is 0 Å². The van der Waals surface area contributed by atoms with Gasteiger partial charge in [0, 0.05) is 51.6 Å². The van der Waals surface area contributed by atoms with E-state index in [1.807, 2.05) is 31.1 Å². The molecule has 106 valence electrons. The van der Waals surface area contributed by atoms with Crippen LogP contribution in [0.2, 0.25) is 0 Å². The van der Waals surface area contributed by atoms with Gasteiger partial charge in [-0.3, -0.25) is 4.72 Å². The highest BCUT2D eigenvalue weighted by atomic mass is 32.2. The molecule has 0 aromatic heterocycles. The fourth-order valence-electron chi connectivity index (χ4n) is 1.93. The van der Waals surface area contributed by atoms with E-state index in [4.69, 9.17) is 0 Å². The van der Waals surface area contributed by atoms with E-state index in [0.717, 1.165) is 5.69 Å². The molecule has 0 amide bonds. The van der Waals surface area contributed by atoms with Gasteiger partial charge in [0.1, 0.15) is 0 Å². The molecule has 0 saturated carbocycles. The highest BCUT2D eigenvalue weighted by molar-refractivity contribution is 7.90. The van der Waals surface area contributed by atoms with Crippen LogP contribution >= 0.6 is 0 Å². The van der Waals surface area contributed by atoms with E-state index in [0.29, 0.717) is 31.9 Å². The van der Waals surface area contributed by atoms with Crippen LogP contribution in [-0.2, 0) is 10.2 Å². The minimum Gasteiger partial charge on any atom is -0.378 e. The van der Waals surface area contributed by atoms with Gasteiger partial charge in [0.25, 0.3) is 0 Å². The summed E-state index contributed by atoms with van der Waals surface area (Å²) in [5, 5.41) is 3.13. The molecule has 0 radical (unpaired) electrons. The SMILES string of the molecule is CN(C)c1ccc(NS(=O)(=O)N2CCNCC2)cc1. The molecule has 0 atom stereocenters. The summed E-state index contributed by atoms with van der Waals surface area (Å²) in [6.07, 6.45) is 0. The molecule has 0 aliphatic carbocycles. The van der Waals surface area contributed by atoms with Crippen LogP contribution in [0.15, 0.2) is 24.3 Å². The Hall–Kier alpha value is -1.31. The zero-order valence-electron chi connectivity index (χ0n) is 11.3. The quantitative estimate of drug-likeness (QED) is 0.835. The Kier molecular flexibility index (Phi) is 4.28. The Balaban J connectivity index is 2.06. The van der Waals surface area contributed by atoms with E-state index < -0.39 is 10.2 Å². The second-order valence-electron chi connectivity index (χ2n) is 4.70. The average Bonchev–Trinajstić information content (AvgIpc) is 2.40. The first kappa shape index (κ1) is 14.1. The van der Waals surface area contributed by atoms with Gasteiger partial charge < -0.3 is 10.2 Å². The Morgan fingerprint density at radius 2 is 1.74 bits per heavy atom. The molecule has 2 rings (SSSR count). The molecule has 0 unspecified atom stereocenters. The van der Waals surface area contributed by atoms with Crippen molar-refractivity contribution >= 4 is 21.6 Å². The fraction of sp³-hybridized carbons (Fsp3) is 0.500. The molecule has 7 heteroatoms. The van der Waals surface area contributed by atoms with Crippen LogP contribution < -0.4 is 14.9 Å². The molecular formula is C12H20N4O2S. The number of nitrogens with zero attached hydrogens (tertiary/aromatic N) is 2. The number of benzene rings is 1. The number of anilines is 2. The van der Waals surface area contributed by atoms with E-state index in [2.05, 4.69) is 10.0 Å². The summed E-state index contributed by atoms with van der Waals surface area (Å²) in [6.45, 7) is 2.40. The molecule has 0 spiro atoms. The van der Waals surface area contributed by atoms with Gasteiger partial charge >= 0.3 is 10.2 Å². The van der Waals surface area contributed by atoms with Crippen LogP contribution in [0.4, 0.5) is 11.4 Å². The van der Waals surface area contributed by atoms with Crippen molar-refractivity contribution in [1.82, 2.24) is 9.62 Å². The zero-order valence-corrected chi connectivity index (χ0v) is 12.1. The molecule has 1 aliphatic heterocycles. The van der Waals surface area contributed by atoms with E-state index in [1.54, 1.807) is 12.1 Å². The molecule has 0 bridgehead atoms. The first-order valence-electron chi connectivity index (χ1n) is 6.25. The standard InChI is InChI=1S/C12H20N4O2S/c1-15(2)12-5-3-11(4-6-12)14-19(17,18)16-9-7-13-8-10-16/h3-6,13-14H,7-10H2,1-2H3. The third kappa shape index (κ3) is 3.59. The van der Waals surface area contributed by atoms with Crippen molar-refractivity contribution in [3.8, 4) is 0 Å². The molecule has 2 N–H and O–H groups in total. The average molecular weight is 284 g/mol. The normalized spacial score (nSPS) is 17.2. The number of piperazine rings is 1. The Morgan fingerprint density at radius 3 is 2.26 bits per heavy atom. The minimum absolute atomic E-state index is 0.505. The molecule has 1 fully saturated rings. The topological polar surface area (TPSA) is 64.7 Å². The van der Waals surface area contributed by atoms with Crippen molar-refractivity contribution in [2.45, 2.75) is 0 Å². The first-order chi connectivity index (χ1) is 8.99. The van der Waals surface area contributed by atoms with Crippen LogP contribution in [-0.4, -0.2) is 53.0 Å². The molecule has 19 heavy (non-hydrogen) atoms. The van der Waals surface area contributed by atoms with Gasteiger partial charge in [-0.1, -0.05) is 0 Å². The lowest BCUT2D eigenvalue weighted by atomic mass is 10.3. The van der Waals surface area contributed by atoms with Gasteiger partial charge in [0.05, 0.1) is 0 Å². The van der Waals surface area contributed by atoms with E-state index in [-0.39, 0.29) is 0 Å². The van der Waals surface area contributed by atoms with Crippen molar-refractivity contribution < 1.29 is 8.42 Å². The van der Waals surface area contributed by atoms with Crippen LogP contribution in [0.1, 0.15) is 0 Å². The number of hydrogen-bond donors (Lipinski definition) is 2. The lowest BCUT2D eigenvalue weighted by molar-refractivity contribution is 0.362. The highest BCUT2D eigenvalue weighted by Gasteiger charge is 2.23. The molecule has 1 aromatic carbocycles. The van der Waals surface area contributed by atoms with Crippen LogP contribution in [0.5, 0.6) is 0 Å². The third-order valence-corrected chi connectivity index (χ3v) is 4.59. The van der Waals surface area contributed by atoms with Crippen molar-refractivity contribution in [2.24, 2.45) is 0 Å². The van der Waals surface area contributed by atoms with Gasteiger partial charge in [-0.15, -0.1) is 0 Å². The molecule has 1 aliphatic rings. The Labute approximate surface area is 114 Å². The summed E-state index contributed by atoms with van der Waals surface area (Å²) in [5.41, 5.74) is 1.62. The largest absolute Gasteiger partial charge is 0.378 e. The second kappa shape index (κ2) is 5.77. The number of nitrogens with one attached hydrogen (secondary N) is 2. The maximum atomic E-state index is 12.2. The van der Waals surface area contributed by atoms with E-state index in [1.165, 1.54) is 4.31 Å². The zero-order chi connectivity index (χ0) is 13.9. The second-order valence-corrected chi connectivity index (χ2v) is 6.37. The van der Waals surface area contributed by atoms with Gasteiger partial charge in [0.2, 0.25) is 0 Å². The first-order valence-corrected chi connectivity index (χ1v) is 7.69. The van der Waals surface area contributed by atoms with Crippen molar-refractivity contribution in [2.75, 3.05) is 49.9 Å². The predicted octanol–water partition coefficient (Wildman–Crippen LogP) is 0.315. The number of hydrogen-bond acceptors (Lipinski definition) is 4. The number of rotatable bonds is 4. The predicted molar refractivity (Wildman–Crippen MR) is 77.8 cm³/mol. The molecule has 6 nitrogen and oxygen atoms in total. The summed E-state index contributed by atoms with van der Waals surface area (Å²) in [6, 6.07) is 7.31. The summed E-state index contributed by atoms with van der Waals surface area (Å²) in [7, 11) is 0.449. The molecule has 1 heterocycles. The van der Waals surface area contributed by atoms with Crippen molar-refractivity contribution in [3.63, 3.8) is 0 Å². The van der Waals surface area contributed by atoms with Crippen LogP contribution in [0.25, 0.3) is 0 Å².